The lowest BCUT2D eigenvalue weighted by atomic mass is 10.00. The van der Waals surface area contributed by atoms with E-state index in [0.29, 0.717) is 0 Å². The first kappa shape index (κ1) is 15.3. The Bertz CT molecular complexity index is 378. The quantitative estimate of drug-likeness (QED) is 0.747. The smallest absolute Gasteiger partial charge is 0.132 e. The molecule has 0 amide bonds. The highest BCUT2D eigenvalue weighted by Gasteiger charge is 2.19. The molecular formula is C14H23NO2S. The lowest BCUT2D eigenvalue weighted by molar-refractivity contribution is 0.169. The minimum absolute atomic E-state index is 0.142. The number of thioether (sulfide) groups is 1. The molecule has 1 aromatic rings. The fourth-order valence-electron chi connectivity index (χ4n) is 1.60. The van der Waals surface area contributed by atoms with Gasteiger partial charge < -0.3 is 15.2 Å². The zero-order valence-electron chi connectivity index (χ0n) is 11.6. The summed E-state index contributed by atoms with van der Waals surface area (Å²) in [4.78, 5) is 1.14. The molecule has 0 aliphatic heterocycles. The van der Waals surface area contributed by atoms with Crippen LogP contribution in [-0.2, 0) is 6.54 Å². The van der Waals surface area contributed by atoms with E-state index in [2.05, 4.69) is 24.4 Å². The highest BCUT2D eigenvalue weighted by atomic mass is 32.2. The summed E-state index contributed by atoms with van der Waals surface area (Å²) in [5, 5.41) is 12.7. The molecule has 1 unspecified atom stereocenters. The van der Waals surface area contributed by atoms with Crippen LogP contribution < -0.4 is 10.1 Å². The maximum atomic E-state index is 9.36. The first-order chi connectivity index (χ1) is 8.58. The molecule has 3 nitrogen and oxygen atoms in total. The fourth-order valence-corrected chi connectivity index (χ4v) is 2.15. The van der Waals surface area contributed by atoms with Crippen LogP contribution in [0.15, 0.2) is 23.1 Å². The number of ether oxygens (including phenoxy) is 1. The van der Waals surface area contributed by atoms with E-state index in [1.807, 2.05) is 19.2 Å². The van der Waals surface area contributed by atoms with Crippen molar-refractivity contribution >= 4 is 11.8 Å². The molecule has 0 heterocycles. The SMILES string of the molecule is CCC(C)(CO)NCc1ccc(SC)c(OC)c1. The first-order valence-corrected chi connectivity index (χ1v) is 7.38. The topological polar surface area (TPSA) is 41.5 Å². The van der Waals surface area contributed by atoms with E-state index in [1.54, 1.807) is 18.9 Å². The van der Waals surface area contributed by atoms with Crippen molar-refractivity contribution in [3.63, 3.8) is 0 Å². The zero-order chi connectivity index (χ0) is 13.6. The summed E-state index contributed by atoms with van der Waals surface area (Å²) in [5.74, 6) is 0.906. The van der Waals surface area contributed by atoms with Crippen molar-refractivity contribution in [2.45, 2.75) is 37.2 Å². The van der Waals surface area contributed by atoms with E-state index in [-0.39, 0.29) is 12.1 Å². The van der Waals surface area contributed by atoms with Crippen LogP contribution in [0.5, 0.6) is 5.75 Å². The summed E-state index contributed by atoms with van der Waals surface area (Å²) in [5.41, 5.74) is 0.948. The molecular weight excluding hydrogens is 246 g/mol. The van der Waals surface area contributed by atoms with E-state index in [4.69, 9.17) is 4.74 Å². The average molecular weight is 269 g/mol. The molecule has 0 saturated carbocycles. The van der Waals surface area contributed by atoms with E-state index < -0.39 is 0 Å². The predicted molar refractivity (Wildman–Crippen MR) is 77.4 cm³/mol. The Labute approximate surface area is 114 Å². The Morgan fingerprint density at radius 1 is 1.44 bits per heavy atom. The summed E-state index contributed by atoms with van der Waals surface area (Å²) in [6, 6.07) is 6.21. The second kappa shape index (κ2) is 7.02. The summed E-state index contributed by atoms with van der Waals surface area (Å²) < 4.78 is 5.36. The minimum atomic E-state index is -0.217. The third-order valence-corrected chi connectivity index (χ3v) is 4.07. The third kappa shape index (κ3) is 3.90. The Morgan fingerprint density at radius 3 is 2.67 bits per heavy atom. The van der Waals surface area contributed by atoms with Crippen molar-refractivity contribution in [3.05, 3.63) is 23.8 Å². The standard InChI is InChI=1S/C14H23NO2S/c1-5-14(2,10-16)15-9-11-6-7-13(18-4)12(8-11)17-3/h6-8,15-16H,5,9-10H2,1-4H3. The van der Waals surface area contributed by atoms with Gasteiger partial charge in [-0.15, -0.1) is 11.8 Å². The van der Waals surface area contributed by atoms with Gasteiger partial charge in [-0.2, -0.15) is 0 Å². The predicted octanol–water partition coefficient (Wildman–Crippen LogP) is 2.67. The van der Waals surface area contributed by atoms with Crippen LogP contribution in [0, 0.1) is 0 Å². The maximum Gasteiger partial charge on any atom is 0.132 e. The van der Waals surface area contributed by atoms with Gasteiger partial charge >= 0.3 is 0 Å². The second-order valence-electron chi connectivity index (χ2n) is 4.62. The van der Waals surface area contributed by atoms with Crippen LogP contribution in [0.3, 0.4) is 0 Å². The van der Waals surface area contributed by atoms with Gasteiger partial charge in [-0.1, -0.05) is 13.0 Å². The monoisotopic (exact) mass is 269 g/mol. The van der Waals surface area contributed by atoms with Crippen LogP contribution in [0.2, 0.25) is 0 Å². The summed E-state index contributed by atoms with van der Waals surface area (Å²) >= 11 is 1.68. The van der Waals surface area contributed by atoms with Crippen LogP contribution in [0.25, 0.3) is 0 Å². The Kier molecular flexibility index (Phi) is 5.99. The molecule has 0 aromatic heterocycles. The van der Waals surface area contributed by atoms with Crippen molar-refractivity contribution in [2.24, 2.45) is 0 Å². The molecule has 0 spiro atoms. The van der Waals surface area contributed by atoms with Crippen molar-refractivity contribution in [3.8, 4) is 5.75 Å². The average Bonchev–Trinajstić information content (AvgIpc) is 2.44. The Balaban J connectivity index is 2.74. The largest absolute Gasteiger partial charge is 0.496 e. The molecule has 0 bridgehead atoms. The van der Waals surface area contributed by atoms with Crippen LogP contribution in [0.1, 0.15) is 25.8 Å². The number of nitrogens with one attached hydrogen (secondary N) is 1. The molecule has 0 saturated heterocycles. The number of hydrogen-bond acceptors (Lipinski definition) is 4. The summed E-state index contributed by atoms with van der Waals surface area (Å²) in [6.07, 6.45) is 2.93. The normalized spacial score (nSPS) is 14.3. The van der Waals surface area contributed by atoms with Gasteiger partial charge in [-0.3, -0.25) is 0 Å². The zero-order valence-corrected chi connectivity index (χ0v) is 12.4. The lowest BCUT2D eigenvalue weighted by Gasteiger charge is -2.27. The van der Waals surface area contributed by atoms with Crippen molar-refractivity contribution in [1.29, 1.82) is 0 Å². The molecule has 0 fully saturated rings. The van der Waals surface area contributed by atoms with Crippen LogP contribution >= 0.6 is 11.8 Å². The highest BCUT2D eigenvalue weighted by molar-refractivity contribution is 7.98. The number of methoxy groups -OCH3 is 1. The van der Waals surface area contributed by atoms with E-state index in [9.17, 15) is 5.11 Å². The first-order valence-electron chi connectivity index (χ1n) is 6.15. The molecule has 18 heavy (non-hydrogen) atoms. The number of aliphatic hydroxyl groups excluding tert-OH is 1. The number of aliphatic hydroxyl groups is 1. The minimum Gasteiger partial charge on any atom is -0.496 e. The number of hydrogen-bond donors (Lipinski definition) is 2. The molecule has 2 N–H and O–H groups in total. The van der Waals surface area contributed by atoms with Gasteiger partial charge in [0.15, 0.2) is 0 Å². The molecule has 0 aliphatic carbocycles. The van der Waals surface area contributed by atoms with Gasteiger partial charge in [0.2, 0.25) is 0 Å². The number of rotatable bonds is 7. The van der Waals surface area contributed by atoms with Gasteiger partial charge in [-0.05, 0) is 37.3 Å². The Morgan fingerprint density at radius 2 is 2.17 bits per heavy atom. The Hall–Kier alpha value is -0.710. The molecule has 0 aliphatic rings. The molecule has 102 valence electrons. The molecule has 1 aromatic carbocycles. The second-order valence-corrected chi connectivity index (χ2v) is 5.46. The van der Waals surface area contributed by atoms with Crippen molar-refractivity contribution in [2.75, 3.05) is 20.0 Å². The maximum absolute atomic E-state index is 9.36. The van der Waals surface area contributed by atoms with Crippen LogP contribution in [0.4, 0.5) is 0 Å². The fraction of sp³-hybridized carbons (Fsp3) is 0.571. The van der Waals surface area contributed by atoms with Gasteiger partial charge in [0.25, 0.3) is 0 Å². The number of benzene rings is 1. The van der Waals surface area contributed by atoms with E-state index in [1.165, 1.54) is 0 Å². The lowest BCUT2D eigenvalue weighted by Crippen LogP contribution is -2.44. The van der Waals surface area contributed by atoms with E-state index >= 15 is 0 Å². The van der Waals surface area contributed by atoms with Crippen molar-refractivity contribution in [1.82, 2.24) is 5.32 Å². The van der Waals surface area contributed by atoms with Gasteiger partial charge in [0.05, 0.1) is 13.7 Å². The summed E-state index contributed by atoms with van der Waals surface area (Å²) in [6.45, 7) is 4.97. The van der Waals surface area contributed by atoms with Crippen LogP contribution in [-0.4, -0.2) is 30.6 Å². The highest BCUT2D eigenvalue weighted by Crippen LogP contribution is 2.28. The molecule has 0 radical (unpaired) electrons. The van der Waals surface area contributed by atoms with E-state index in [0.717, 1.165) is 29.2 Å². The molecule has 1 atom stereocenters. The molecule has 4 heteroatoms. The van der Waals surface area contributed by atoms with Gasteiger partial charge in [0, 0.05) is 17.0 Å². The van der Waals surface area contributed by atoms with Gasteiger partial charge in [-0.25, -0.2) is 0 Å². The summed E-state index contributed by atoms with van der Waals surface area (Å²) in [7, 11) is 1.69. The third-order valence-electron chi connectivity index (χ3n) is 3.30. The molecule has 1 rings (SSSR count). The van der Waals surface area contributed by atoms with Crippen molar-refractivity contribution < 1.29 is 9.84 Å². The van der Waals surface area contributed by atoms with Gasteiger partial charge in [0.1, 0.15) is 5.75 Å².